The number of hydrogen-bond acceptors (Lipinski definition) is 6. The van der Waals surface area contributed by atoms with Gasteiger partial charge in [-0.2, -0.15) is 0 Å². The van der Waals surface area contributed by atoms with Gasteiger partial charge in [0.15, 0.2) is 0 Å². The van der Waals surface area contributed by atoms with E-state index in [4.69, 9.17) is 4.74 Å². The number of para-hydroxylation sites is 1. The third-order valence-electron chi connectivity index (χ3n) is 6.16. The van der Waals surface area contributed by atoms with Crippen LogP contribution >= 0.6 is 24.8 Å². The fourth-order valence-corrected chi connectivity index (χ4v) is 4.66. The second-order valence-corrected chi connectivity index (χ2v) is 8.05. The van der Waals surface area contributed by atoms with Gasteiger partial charge in [0.25, 0.3) is 11.5 Å². The van der Waals surface area contributed by atoms with Crippen LogP contribution in [0.3, 0.4) is 0 Å². The number of likely N-dealkylation sites (tertiary alicyclic amines) is 1. The Balaban J connectivity index is 0.00000128. The smallest absolute Gasteiger partial charge is 0.258 e. The molecular formula is C20H27Cl2N5O3. The third-order valence-corrected chi connectivity index (χ3v) is 6.16. The lowest BCUT2D eigenvalue weighted by atomic mass is 10.0. The van der Waals surface area contributed by atoms with E-state index in [9.17, 15) is 9.59 Å². The van der Waals surface area contributed by atoms with Crippen molar-refractivity contribution in [3.05, 3.63) is 40.4 Å². The van der Waals surface area contributed by atoms with E-state index >= 15 is 0 Å². The van der Waals surface area contributed by atoms with Gasteiger partial charge in [-0.3, -0.25) is 14.5 Å². The van der Waals surface area contributed by atoms with Crippen molar-refractivity contribution >= 4 is 41.6 Å². The summed E-state index contributed by atoms with van der Waals surface area (Å²) in [6.45, 7) is 5.93. The summed E-state index contributed by atoms with van der Waals surface area (Å²) in [5.41, 5.74) is 0.568. The fourth-order valence-electron chi connectivity index (χ4n) is 4.66. The maximum atomic E-state index is 12.9. The molecule has 3 saturated heterocycles. The molecule has 30 heavy (non-hydrogen) atoms. The largest absolute Gasteiger partial charge is 0.366 e. The number of nitrogens with one attached hydrogen (secondary N) is 2. The van der Waals surface area contributed by atoms with Crippen LogP contribution in [0.25, 0.3) is 10.9 Å². The Morgan fingerprint density at radius 1 is 1.13 bits per heavy atom. The maximum Gasteiger partial charge on any atom is 0.258 e. The number of carbonyl (C=O) groups excluding carboxylic acids is 1. The number of halogens is 2. The van der Waals surface area contributed by atoms with Crippen LogP contribution in [0.2, 0.25) is 0 Å². The van der Waals surface area contributed by atoms with E-state index in [0.717, 1.165) is 32.7 Å². The molecule has 3 aliphatic heterocycles. The Kier molecular flexibility index (Phi) is 7.36. The topological polar surface area (TPSA) is 90.6 Å². The van der Waals surface area contributed by atoms with Crippen LogP contribution in [0.4, 0.5) is 0 Å². The van der Waals surface area contributed by atoms with Gasteiger partial charge in [-0.25, -0.2) is 4.98 Å². The molecule has 1 aromatic heterocycles. The molecule has 4 heterocycles. The molecule has 3 aliphatic rings. The van der Waals surface area contributed by atoms with Gasteiger partial charge in [0.05, 0.1) is 24.1 Å². The number of benzene rings is 1. The van der Waals surface area contributed by atoms with Crippen LogP contribution < -0.4 is 10.9 Å². The normalized spacial score (nSPS) is 26.1. The third kappa shape index (κ3) is 4.48. The number of aromatic amines is 1. The van der Waals surface area contributed by atoms with Crippen molar-refractivity contribution in [2.45, 2.75) is 12.6 Å². The number of fused-ring (bicyclic) bond motifs is 2. The molecule has 0 radical (unpaired) electrons. The number of morpholine rings is 1. The molecule has 164 valence electrons. The van der Waals surface area contributed by atoms with Gasteiger partial charge in [-0.1, -0.05) is 12.1 Å². The number of hydrogen-bond donors (Lipinski definition) is 2. The van der Waals surface area contributed by atoms with E-state index in [1.165, 1.54) is 0 Å². The molecule has 1 aromatic carbocycles. The van der Waals surface area contributed by atoms with E-state index in [-0.39, 0.29) is 36.3 Å². The molecule has 3 fully saturated rings. The van der Waals surface area contributed by atoms with Crippen molar-refractivity contribution in [3.8, 4) is 0 Å². The lowest BCUT2D eigenvalue weighted by Gasteiger charge is -2.33. The summed E-state index contributed by atoms with van der Waals surface area (Å²) in [7, 11) is 0. The Hall–Kier alpha value is -1.71. The second kappa shape index (κ2) is 9.62. The average molecular weight is 456 g/mol. The van der Waals surface area contributed by atoms with Crippen molar-refractivity contribution < 1.29 is 9.53 Å². The van der Waals surface area contributed by atoms with Crippen molar-refractivity contribution in [2.75, 3.05) is 45.9 Å². The molecule has 10 heteroatoms. The minimum Gasteiger partial charge on any atom is -0.366 e. The van der Waals surface area contributed by atoms with Gasteiger partial charge in [0.2, 0.25) is 0 Å². The number of rotatable bonds is 3. The van der Waals surface area contributed by atoms with Crippen LogP contribution in [0.15, 0.2) is 29.1 Å². The SMILES string of the molecule is Cl.Cl.O=C(C1CN(Cc2nc3ccccc3c(=O)[nH]2)CCO1)N1C[C@H]2CNC[C@H]2C1. The van der Waals surface area contributed by atoms with Crippen LogP contribution in [0.5, 0.6) is 0 Å². The predicted octanol–water partition coefficient (Wildman–Crippen LogP) is 0.645. The highest BCUT2D eigenvalue weighted by Gasteiger charge is 2.41. The summed E-state index contributed by atoms with van der Waals surface area (Å²) in [6, 6.07) is 7.33. The summed E-state index contributed by atoms with van der Waals surface area (Å²) in [4.78, 5) is 36.8. The molecular weight excluding hydrogens is 429 g/mol. The summed E-state index contributed by atoms with van der Waals surface area (Å²) >= 11 is 0. The molecule has 1 amide bonds. The second-order valence-electron chi connectivity index (χ2n) is 8.05. The monoisotopic (exact) mass is 455 g/mol. The van der Waals surface area contributed by atoms with Crippen LogP contribution in [-0.4, -0.2) is 77.7 Å². The van der Waals surface area contributed by atoms with E-state index in [2.05, 4.69) is 20.2 Å². The lowest BCUT2D eigenvalue weighted by molar-refractivity contribution is -0.149. The fraction of sp³-hybridized carbons (Fsp3) is 0.550. The molecule has 0 saturated carbocycles. The summed E-state index contributed by atoms with van der Waals surface area (Å²) < 4.78 is 5.80. The van der Waals surface area contributed by atoms with E-state index in [0.29, 0.717) is 48.3 Å². The highest BCUT2D eigenvalue weighted by molar-refractivity contribution is 5.85. The molecule has 0 bridgehead atoms. The number of nitrogens with zero attached hydrogens (tertiary/aromatic N) is 3. The van der Waals surface area contributed by atoms with E-state index < -0.39 is 6.10 Å². The highest BCUT2D eigenvalue weighted by atomic mass is 35.5. The molecule has 3 atom stereocenters. The molecule has 2 N–H and O–H groups in total. The van der Waals surface area contributed by atoms with Crippen molar-refractivity contribution in [2.24, 2.45) is 11.8 Å². The summed E-state index contributed by atoms with van der Waals surface area (Å²) in [5.74, 6) is 1.88. The lowest BCUT2D eigenvalue weighted by Crippen LogP contribution is -2.50. The van der Waals surface area contributed by atoms with Crippen molar-refractivity contribution in [1.82, 2.24) is 25.1 Å². The first-order valence-corrected chi connectivity index (χ1v) is 9.99. The first-order chi connectivity index (χ1) is 13.7. The van der Waals surface area contributed by atoms with Crippen LogP contribution in [0, 0.1) is 11.8 Å². The number of aromatic nitrogens is 2. The van der Waals surface area contributed by atoms with Gasteiger partial charge < -0.3 is 19.9 Å². The van der Waals surface area contributed by atoms with Gasteiger partial charge in [-0.15, -0.1) is 24.8 Å². The molecule has 5 rings (SSSR count). The number of carbonyl (C=O) groups is 1. The van der Waals surface area contributed by atoms with Gasteiger partial charge in [-0.05, 0) is 24.0 Å². The average Bonchev–Trinajstić information content (AvgIpc) is 3.30. The first-order valence-electron chi connectivity index (χ1n) is 9.99. The summed E-state index contributed by atoms with van der Waals surface area (Å²) in [5, 5.41) is 3.99. The number of amides is 1. The van der Waals surface area contributed by atoms with Crippen LogP contribution in [-0.2, 0) is 16.1 Å². The molecule has 0 spiro atoms. The predicted molar refractivity (Wildman–Crippen MR) is 118 cm³/mol. The van der Waals surface area contributed by atoms with Crippen LogP contribution in [0.1, 0.15) is 5.82 Å². The number of H-pyrrole nitrogens is 1. The summed E-state index contributed by atoms with van der Waals surface area (Å²) in [6.07, 6.45) is -0.437. The Bertz CT molecular complexity index is 943. The Morgan fingerprint density at radius 2 is 1.87 bits per heavy atom. The number of ether oxygens (including phenoxy) is 1. The first kappa shape index (κ1) is 23.0. The zero-order chi connectivity index (χ0) is 19.1. The van der Waals surface area contributed by atoms with Gasteiger partial charge in [0.1, 0.15) is 11.9 Å². The van der Waals surface area contributed by atoms with Crippen molar-refractivity contribution in [3.63, 3.8) is 0 Å². The molecule has 8 nitrogen and oxygen atoms in total. The Morgan fingerprint density at radius 3 is 2.63 bits per heavy atom. The minimum absolute atomic E-state index is 0. The molecule has 2 aromatic rings. The molecule has 0 aliphatic carbocycles. The van der Waals surface area contributed by atoms with Gasteiger partial charge in [0, 0.05) is 39.3 Å². The minimum atomic E-state index is -0.437. The standard InChI is InChI=1S/C20H25N5O3.2ClH/c26-19-15-3-1-2-4-16(15)22-18(23-19)12-24-5-6-28-17(11-24)20(27)25-9-13-7-21-8-14(13)10-25;;/h1-4,13-14,17,21H,5-12H2,(H,22,23,26);2*1H/t13-,14+,17?;;. The zero-order valence-electron chi connectivity index (χ0n) is 16.6. The quantitative estimate of drug-likeness (QED) is 0.705. The van der Waals surface area contributed by atoms with Crippen molar-refractivity contribution in [1.29, 1.82) is 0 Å². The molecule has 1 unspecified atom stereocenters. The zero-order valence-corrected chi connectivity index (χ0v) is 18.2. The van der Waals surface area contributed by atoms with Gasteiger partial charge >= 0.3 is 0 Å². The van der Waals surface area contributed by atoms with E-state index in [1.807, 2.05) is 23.1 Å². The highest BCUT2D eigenvalue weighted by Crippen LogP contribution is 2.27. The van der Waals surface area contributed by atoms with E-state index in [1.54, 1.807) is 6.07 Å². The maximum absolute atomic E-state index is 12.9. The Labute approximate surface area is 187 Å².